The van der Waals surface area contributed by atoms with E-state index in [9.17, 15) is 0 Å². The van der Waals surface area contributed by atoms with Crippen molar-refractivity contribution in [3.8, 4) is 17.0 Å². The van der Waals surface area contributed by atoms with Crippen molar-refractivity contribution >= 4 is 27.3 Å². The van der Waals surface area contributed by atoms with E-state index in [0.29, 0.717) is 5.92 Å². The van der Waals surface area contributed by atoms with Crippen molar-refractivity contribution in [2.24, 2.45) is 0 Å². The van der Waals surface area contributed by atoms with E-state index in [-0.39, 0.29) is 0 Å². The first-order valence-electron chi connectivity index (χ1n) is 6.28. The average Bonchev–Trinajstić information content (AvgIpc) is 3.09. The van der Waals surface area contributed by atoms with Crippen molar-refractivity contribution in [3.63, 3.8) is 0 Å². The van der Waals surface area contributed by atoms with E-state index in [2.05, 4.69) is 38.8 Å². The number of methoxy groups -OCH3 is 1. The zero-order valence-electron chi connectivity index (χ0n) is 10.6. The molecule has 1 atom stereocenters. The van der Waals surface area contributed by atoms with Crippen LogP contribution in [-0.2, 0) is 0 Å². The minimum absolute atomic E-state index is 0.584. The van der Waals surface area contributed by atoms with Gasteiger partial charge in [-0.05, 0) is 47.1 Å². The summed E-state index contributed by atoms with van der Waals surface area (Å²) in [5, 5.41) is 6.77. The lowest BCUT2D eigenvalue weighted by Crippen LogP contribution is -2.07. The zero-order chi connectivity index (χ0) is 13.2. The van der Waals surface area contributed by atoms with E-state index in [1.54, 1.807) is 18.4 Å². The molecule has 1 saturated heterocycles. The molecule has 5 heteroatoms. The lowest BCUT2D eigenvalue weighted by atomic mass is 10.1. The van der Waals surface area contributed by atoms with Crippen LogP contribution in [0.2, 0.25) is 0 Å². The topological polar surface area (TPSA) is 34.1 Å². The Morgan fingerprint density at radius 1 is 1.47 bits per heavy atom. The third-order valence-corrected chi connectivity index (χ3v) is 5.01. The number of nitrogens with one attached hydrogen (secondary N) is 1. The van der Waals surface area contributed by atoms with Gasteiger partial charge in [-0.1, -0.05) is 0 Å². The Bertz CT molecular complexity index is 579. The van der Waals surface area contributed by atoms with Gasteiger partial charge >= 0.3 is 0 Å². The monoisotopic (exact) mass is 338 g/mol. The number of halogens is 1. The van der Waals surface area contributed by atoms with Crippen molar-refractivity contribution in [3.05, 3.63) is 33.1 Å². The minimum atomic E-state index is 0.584. The smallest absolute Gasteiger partial charge is 0.133 e. The Morgan fingerprint density at radius 2 is 2.37 bits per heavy atom. The molecular formula is C14H15BrN2OS. The number of hydrogen-bond donors (Lipinski definition) is 1. The summed E-state index contributed by atoms with van der Waals surface area (Å²) in [4.78, 5) is 4.78. The largest absolute Gasteiger partial charge is 0.496 e. The van der Waals surface area contributed by atoms with E-state index >= 15 is 0 Å². The molecule has 1 unspecified atom stereocenters. The number of aromatic nitrogens is 1. The van der Waals surface area contributed by atoms with E-state index in [4.69, 9.17) is 9.72 Å². The normalized spacial score (nSPS) is 18.7. The van der Waals surface area contributed by atoms with Crippen LogP contribution in [0.25, 0.3) is 11.3 Å². The number of hydrogen-bond acceptors (Lipinski definition) is 4. The van der Waals surface area contributed by atoms with Gasteiger partial charge in [0.1, 0.15) is 5.75 Å². The molecule has 100 valence electrons. The summed E-state index contributed by atoms with van der Waals surface area (Å²) in [6.45, 7) is 2.16. The molecule has 0 radical (unpaired) electrons. The van der Waals surface area contributed by atoms with Crippen molar-refractivity contribution in [2.75, 3.05) is 20.2 Å². The molecule has 19 heavy (non-hydrogen) atoms. The van der Waals surface area contributed by atoms with E-state index in [1.807, 2.05) is 6.07 Å². The molecule has 1 N–H and O–H groups in total. The number of ether oxygens (including phenoxy) is 1. The van der Waals surface area contributed by atoms with Gasteiger partial charge in [0.05, 0.1) is 22.3 Å². The quantitative estimate of drug-likeness (QED) is 0.927. The van der Waals surface area contributed by atoms with Gasteiger partial charge in [-0.2, -0.15) is 0 Å². The fourth-order valence-electron chi connectivity index (χ4n) is 2.30. The predicted octanol–water partition coefficient (Wildman–Crippen LogP) is 3.66. The van der Waals surface area contributed by atoms with Gasteiger partial charge in [-0.15, -0.1) is 11.3 Å². The van der Waals surface area contributed by atoms with Gasteiger partial charge in [-0.3, -0.25) is 0 Å². The molecule has 0 aliphatic carbocycles. The number of benzene rings is 1. The highest BCUT2D eigenvalue weighted by molar-refractivity contribution is 9.10. The maximum atomic E-state index is 5.25. The first kappa shape index (κ1) is 13.1. The highest BCUT2D eigenvalue weighted by Gasteiger charge is 2.20. The maximum Gasteiger partial charge on any atom is 0.133 e. The SMILES string of the molecule is COc1ccc(-c2csc(C3CCNC3)n2)cc1Br. The lowest BCUT2D eigenvalue weighted by Gasteiger charge is -2.05. The van der Waals surface area contributed by atoms with E-state index in [1.165, 1.54) is 11.4 Å². The minimum Gasteiger partial charge on any atom is -0.496 e. The van der Waals surface area contributed by atoms with Crippen molar-refractivity contribution < 1.29 is 4.74 Å². The van der Waals surface area contributed by atoms with Crippen LogP contribution in [-0.4, -0.2) is 25.2 Å². The standard InChI is InChI=1S/C14H15BrN2OS/c1-18-13-3-2-9(6-11(13)15)12-8-19-14(17-12)10-4-5-16-7-10/h2-3,6,8,10,16H,4-5,7H2,1H3. The molecular weight excluding hydrogens is 324 g/mol. The molecule has 1 aromatic heterocycles. The second-order valence-electron chi connectivity index (χ2n) is 4.61. The third kappa shape index (κ3) is 2.68. The van der Waals surface area contributed by atoms with Gasteiger partial charge in [-0.25, -0.2) is 4.98 Å². The third-order valence-electron chi connectivity index (χ3n) is 3.38. The highest BCUT2D eigenvalue weighted by atomic mass is 79.9. The van der Waals surface area contributed by atoms with Crippen LogP contribution in [0.3, 0.4) is 0 Å². The van der Waals surface area contributed by atoms with Gasteiger partial charge in [0, 0.05) is 23.4 Å². The molecule has 0 saturated carbocycles. The Balaban J connectivity index is 1.87. The predicted molar refractivity (Wildman–Crippen MR) is 82.0 cm³/mol. The molecule has 2 aromatic rings. The molecule has 1 fully saturated rings. The van der Waals surface area contributed by atoms with Gasteiger partial charge in [0.25, 0.3) is 0 Å². The second-order valence-corrected chi connectivity index (χ2v) is 6.35. The Hall–Kier alpha value is -0.910. The van der Waals surface area contributed by atoms with Crippen molar-refractivity contribution in [1.82, 2.24) is 10.3 Å². The zero-order valence-corrected chi connectivity index (χ0v) is 13.1. The summed E-state index contributed by atoms with van der Waals surface area (Å²) in [7, 11) is 1.67. The van der Waals surface area contributed by atoms with E-state index in [0.717, 1.165) is 34.6 Å². The molecule has 2 heterocycles. The molecule has 1 aliphatic heterocycles. The van der Waals surface area contributed by atoms with Gasteiger partial charge < -0.3 is 10.1 Å². The fourth-order valence-corrected chi connectivity index (χ4v) is 3.81. The number of rotatable bonds is 3. The lowest BCUT2D eigenvalue weighted by molar-refractivity contribution is 0.412. The summed E-state index contributed by atoms with van der Waals surface area (Å²) in [5.74, 6) is 1.43. The Labute approximate surface area is 125 Å². The van der Waals surface area contributed by atoms with Crippen LogP contribution in [0, 0.1) is 0 Å². The molecule has 1 aromatic carbocycles. The molecule has 1 aliphatic rings. The number of nitrogens with zero attached hydrogens (tertiary/aromatic N) is 1. The first-order valence-corrected chi connectivity index (χ1v) is 7.95. The molecule has 3 rings (SSSR count). The van der Waals surface area contributed by atoms with Gasteiger partial charge in [0.2, 0.25) is 0 Å². The molecule has 0 bridgehead atoms. The first-order chi connectivity index (χ1) is 9.28. The summed E-state index contributed by atoms with van der Waals surface area (Å²) in [6, 6.07) is 6.08. The Kier molecular flexibility index (Phi) is 3.86. The summed E-state index contributed by atoms with van der Waals surface area (Å²) >= 11 is 5.28. The van der Waals surface area contributed by atoms with Crippen LogP contribution in [0.1, 0.15) is 17.3 Å². The average molecular weight is 339 g/mol. The van der Waals surface area contributed by atoms with Crippen LogP contribution >= 0.6 is 27.3 Å². The van der Waals surface area contributed by atoms with Crippen LogP contribution in [0.4, 0.5) is 0 Å². The van der Waals surface area contributed by atoms with Crippen LogP contribution in [0.5, 0.6) is 5.75 Å². The second kappa shape index (κ2) is 5.61. The summed E-state index contributed by atoms with van der Waals surface area (Å²) in [6.07, 6.45) is 1.19. The van der Waals surface area contributed by atoms with E-state index < -0.39 is 0 Å². The maximum absolute atomic E-state index is 5.25. The van der Waals surface area contributed by atoms with Gasteiger partial charge in [0.15, 0.2) is 0 Å². The van der Waals surface area contributed by atoms with Crippen LogP contribution in [0.15, 0.2) is 28.1 Å². The summed E-state index contributed by atoms with van der Waals surface area (Å²) < 4.78 is 6.21. The highest BCUT2D eigenvalue weighted by Crippen LogP contribution is 2.33. The van der Waals surface area contributed by atoms with Crippen LogP contribution < -0.4 is 10.1 Å². The van der Waals surface area contributed by atoms with Crippen molar-refractivity contribution in [2.45, 2.75) is 12.3 Å². The fraction of sp³-hybridized carbons (Fsp3) is 0.357. The molecule has 0 spiro atoms. The molecule has 3 nitrogen and oxygen atoms in total. The van der Waals surface area contributed by atoms with Crippen molar-refractivity contribution in [1.29, 1.82) is 0 Å². The Morgan fingerprint density at radius 3 is 3.05 bits per heavy atom. The summed E-state index contributed by atoms with van der Waals surface area (Å²) in [5.41, 5.74) is 2.18. The molecule has 0 amide bonds. The number of thiazole rings is 1.